The number of aromatic nitrogens is 3. The minimum atomic E-state index is -0.272. The number of aromatic hydroxyl groups is 1. The summed E-state index contributed by atoms with van der Waals surface area (Å²) in [6.45, 7) is 4.07. The molecule has 7 nitrogen and oxygen atoms in total. The molecule has 8 heteroatoms. The van der Waals surface area contributed by atoms with Crippen LogP contribution in [0.25, 0.3) is 17.1 Å². The van der Waals surface area contributed by atoms with Crippen molar-refractivity contribution in [2.24, 2.45) is 5.10 Å². The van der Waals surface area contributed by atoms with E-state index in [0.717, 1.165) is 22.4 Å². The lowest BCUT2D eigenvalue weighted by atomic mass is 10.1. The molecule has 1 amide bonds. The summed E-state index contributed by atoms with van der Waals surface area (Å²) in [5.74, 6) is 0.700. The molecule has 0 aliphatic carbocycles. The summed E-state index contributed by atoms with van der Waals surface area (Å²) in [7, 11) is 0. The Hall–Kier alpha value is -3.91. The van der Waals surface area contributed by atoms with Crippen molar-refractivity contribution in [1.82, 2.24) is 20.2 Å². The highest BCUT2D eigenvalue weighted by molar-refractivity contribution is 7.99. The van der Waals surface area contributed by atoms with Crippen LogP contribution in [0.1, 0.15) is 16.7 Å². The zero-order valence-electron chi connectivity index (χ0n) is 18.3. The number of amides is 1. The number of hydrogen-bond donors (Lipinski definition) is 2. The van der Waals surface area contributed by atoms with Gasteiger partial charge in [-0.1, -0.05) is 71.4 Å². The lowest BCUT2D eigenvalue weighted by molar-refractivity contribution is -0.118. The topological polar surface area (TPSA) is 92.4 Å². The predicted molar refractivity (Wildman–Crippen MR) is 131 cm³/mol. The quantitative estimate of drug-likeness (QED) is 0.242. The Balaban J connectivity index is 1.51. The van der Waals surface area contributed by atoms with Gasteiger partial charge in [0.25, 0.3) is 5.91 Å². The summed E-state index contributed by atoms with van der Waals surface area (Å²) in [5.41, 5.74) is 7.37. The zero-order chi connectivity index (χ0) is 23.2. The van der Waals surface area contributed by atoms with E-state index in [-0.39, 0.29) is 17.4 Å². The molecule has 0 atom stereocenters. The highest BCUT2D eigenvalue weighted by Crippen LogP contribution is 2.28. The third kappa shape index (κ3) is 5.67. The van der Waals surface area contributed by atoms with E-state index in [1.807, 2.05) is 66.9 Å². The number of phenolic OH excluding ortho intramolecular Hbond substituents is 1. The lowest BCUT2D eigenvalue weighted by Crippen LogP contribution is -2.20. The number of thioether (sulfide) groups is 1. The average Bonchev–Trinajstić information content (AvgIpc) is 3.23. The molecule has 3 aromatic carbocycles. The Kier molecular flexibility index (Phi) is 6.85. The molecular weight excluding hydrogens is 434 g/mol. The number of carbonyl (C=O) groups is 1. The van der Waals surface area contributed by atoms with Crippen LogP contribution in [-0.4, -0.2) is 37.7 Å². The molecule has 2 N–H and O–H groups in total. The van der Waals surface area contributed by atoms with Gasteiger partial charge in [0.1, 0.15) is 5.75 Å². The molecule has 166 valence electrons. The van der Waals surface area contributed by atoms with Crippen molar-refractivity contribution in [1.29, 1.82) is 0 Å². The van der Waals surface area contributed by atoms with Crippen molar-refractivity contribution in [2.45, 2.75) is 19.0 Å². The number of nitrogens with one attached hydrogen (secondary N) is 1. The fraction of sp³-hybridized carbons (Fsp3) is 0.120. The zero-order valence-corrected chi connectivity index (χ0v) is 19.1. The third-order valence-corrected chi connectivity index (χ3v) is 5.77. The van der Waals surface area contributed by atoms with Crippen LogP contribution < -0.4 is 5.43 Å². The standard InChI is InChI=1S/C25H23N5O2S/c1-17-6-10-20(11-7-17)24-28-29-25(30(24)21-12-8-18(2)9-13-21)33-16-23(32)27-26-15-19-4-3-5-22(31)14-19/h3-15,31H,16H2,1-2H3,(H,27,32)/b26-15-. The van der Waals surface area contributed by atoms with E-state index in [2.05, 4.69) is 20.7 Å². The highest BCUT2D eigenvalue weighted by Gasteiger charge is 2.17. The minimum absolute atomic E-state index is 0.120. The molecule has 4 aromatic rings. The third-order valence-electron chi connectivity index (χ3n) is 4.84. The molecule has 0 unspecified atom stereocenters. The van der Waals surface area contributed by atoms with Gasteiger partial charge in [-0.15, -0.1) is 10.2 Å². The summed E-state index contributed by atoms with van der Waals surface area (Å²) >= 11 is 1.28. The highest BCUT2D eigenvalue weighted by atomic mass is 32.2. The molecule has 0 aliphatic rings. The first-order valence-electron chi connectivity index (χ1n) is 10.3. The fourth-order valence-electron chi connectivity index (χ4n) is 3.13. The van der Waals surface area contributed by atoms with Gasteiger partial charge in [-0.05, 0) is 43.7 Å². The van der Waals surface area contributed by atoms with Gasteiger partial charge in [-0.3, -0.25) is 9.36 Å². The molecule has 1 heterocycles. The molecule has 0 spiro atoms. The molecular formula is C25H23N5O2S. The number of phenols is 1. The number of nitrogens with zero attached hydrogens (tertiary/aromatic N) is 4. The molecule has 0 fully saturated rings. The summed E-state index contributed by atoms with van der Waals surface area (Å²) < 4.78 is 1.96. The van der Waals surface area contributed by atoms with Gasteiger partial charge in [0, 0.05) is 11.3 Å². The van der Waals surface area contributed by atoms with E-state index in [0.29, 0.717) is 16.5 Å². The van der Waals surface area contributed by atoms with Crippen LogP contribution in [0.2, 0.25) is 0 Å². The average molecular weight is 458 g/mol. The number of rotatable bonds is 7. The van der Waals surface area contributed by atoms with Crippen LogP contribution in [-0.2, 0) is 4.79 Å². The Labute approximate surface area is 196 Å². The van der Waals surface area contributed by atoms with Crippen LogP contribution in [0.4, 0.5) is 0 Å². The lowest BCUT2D eigenvalue weighted by Gasteiger charge is -2.11. The molecule has 33 heavy (non-hydrogen) atoms. The number of carbonyl (C=O) groups excluding carboxylic acids is 1. The largest absolute Gasteiger partial charge is 0.508 e. The van der Waals surface area contributed by atoms with Crippen molar-refractivity contribution in [3.8, 4) is 22.8 Å². The second-order valence-electron chi connectivity index (χ2n) is 7.52. The van der Waals surface area contributed by atoms with E-state index in [4.69, 9.17) is 0 Å². The number of aryl methyl sites for hydroxylation is 2. The van der Waals surface area contributed by atoms with E-state index in [9.17, 15) is 9.90 Å². The molecule has 0 aliphatic heterocycles. The van der Waals surface area contributed by atoms with Gasteiger partial charge in [0.05, 0.1) is 12.0 Å². The summed E-state index contributed by atoms with van der Waals surface area (Å²) in [5, 5.41) is 22.8. The Morgan fingerprint density at radius 3 is 2.42 bits per heavy atom. The Bertz CT molecular complexity index is 1280. The Morgan fingerprint density at radius 1 is 1.03 bits per heavy atom. The molecule has 1 aromatic heterocycles. The second-order valence-corrected chi connectivity index (χ2v) is 8.46. The maximum atomic E-state index is 12.3. The molecule has 0 radical (unpaired) electrons. The van der Waals surface area contributed by atoms with Crippen molar-refractivity contribution in [3.05, 3.63) is 89.5 Å². The van der Waals surface area contributed by atoms with Crippen LogP contribution in [0.3, 0.4) is 0 Å². The number of hydrogen-bond acceptors (Lipinski definition) is 6. The van der Waals surface area contributed by atoms with Crippen LogP contribution in [0.5, 0.6) is 5.75 Å². The smallest absolute Gasteiger partial charge is 0.250 e. The second kappa shape index (κ2) is 10.1. The maximum absolute atomic E-state index is 12.3. The van der Waals surface area contributed by atoms with Crippen LogP contribution in [0, 0.1) is 13.8 Å². The molecule has 4 rings (SSSR count). The SMILES string of the molecule is Cc1ccc(-c2nnc(SCC(=O)N/N=C\c3cccc(O)c3)n2-c2ccc(C)cc2)cc1. The van der Waals surface area contributed by atoms with E-state index in [1.54, 1.807) is 24.3 Å². The van der Waals surface area contributed by atoms with Gasteiger partial charge in [-0.2, -0.15) is 5.10 Å². The summed E-state index contributed by atoms with van der Waals surface area (Å²) in [6, 6.07) is 22.8. The summed E-state index contributed by atoms with van der Waals surface area (Å²) in [4.78, 5) is 12.3. The van der Waals surface area contributed by atoms with Gasteiger partial charge in [-0.25, -0.2) is 5.43 Å². The van der Waals surface area contributed by atoms with Crippen molar-refractivity contribution in [2.75, 3.05) is 5.75 Å². The van der Waals surface area contributed by atoms with E-state index >= 15 is 0 Å². The molecule has 0 bridgehead atoms. The first-order chi connectivity index (χ1) is 16.0. The van der Waals surface area contributed by atoms with Crippen LogP contribution in [0.15, 0.2) is 83.1 Å². The van der Waals surface area contributed by atoms with E-state index < -0.39 is 0 Å². The first kappa shape index (κ1) is 22.3. The number of benzene rings is 3. The van der Waals surface area contributed by atoms with Crippen molar-refractivity contribution >= 4 is 23.9 Å². The van der Waals surface area contributed by atoms with E-state index in [1.165, 1.54) is 18.0 Å². The summed E-state index contributed by atoms with van der Waals surface area (Å²) in [6.07, 6.45) is 1.48. The molecule has 0 saturated carbocycles. The number of hydrazone groups is 1. The van der Waals surface area contributed by atoms with Gasteiger partial charge in [0.15, 0.2) is 11.0 Å². The normalized spacial score (nSPS) is 11.1. The maximum Gasteiger partial charge on any atom is 0.250 e. The van der Waals surface area contributed by atoms with Crippen LogP contribution >= 0.6 is 11.8 Å². The van der Waals surface area contributed by atoms with Crippen molar-refractivity contribution < 1.29 is 9.90 Å². The van der Waals surface area contributed by atoms with Gasteiger partial charge in [0.2, 0.25) is 0 Å². The Morgan fingerprint density at radius 2 is 1.73 bits per heavy atom. The van der Waals surface area contributed by atoms with Crippen molar-refractivity contribution in [3.63, 3.8) is 0 Å². The minimum Gasteiger partial charge on any atom is -0.508 e. The van der Waals surface area contributed by atoms with Gasteiger partial charge < -0.3 is 5.11 Å². The predicted octanol–water partition coefficient (Wildman–Crippen LogP) is 4.50. The monoisotopic (exact) mass is 457 g/mol. The fourth-order valence-corrected chi connectivity index (χ4v) is 3.87. The molecule has 0 saturated heterocycles. The van der Waals surface area contributed by atoms with Gasteiger partial charge >= 0.3 is 0 Å². The first-order valence-corrected chi connectivity index (χ1v) is 11.3.